The molecule has 0 aliphatic carbocycles. The average Bonchev–Trinajstić information content (AvgIpc) is 2.93. The fourth-order valence-corrected chi connectivity index (χ4v) is 4.02. The summed E-state index contributed by atoms with van der Waals surface area (Å²) in [6, 6.07) is 5.26. The number of nitrogens with one attached hydrogen (secondary N) is 1. The standard InChI is InChI=1S/C14H14BrN3O2S/c1-18-5-4-9(14(18)20)17-13(19)12-11(16)8-3-2-7(15)6-10(8)21-12/h2-3,6,9H,4-5,16H2,1H3,(H,17,19). The molecular weight excluding hydrogens is 354 g/mol. The number of thiophene rings is 1. The molecule has 1 unspecified atom stereocenters. The number of hydrogen-bond acceptors (Lipinski definition) is 4. The topological polar surface area (TPSA) is 75.4 Å². The molecule has 0 bridgehead atoms. The molecule has 0 saturated carbocycles. The molecule has 7 heteroatoms. The zero-order chi connectivity index (χ0) is 15.1. The van der Waals surface area contributed by atoms with Crippen molar-refractivity contribution in [3.05, 3.63) is 27.5 Å². The van der Waals surface area contributed by atoms with Crippen LogP contribution in [0, 0.1) is 0 Å². The maximum Gasteiger partial charge on any atom is 0.264 e. The molecule has 1 aliphatic heterocycles. The van der Waals surface area contributed by atoms with Crippen LogP contribution in [0.5, 0.6) is 0 Å². The van der Waals surface area contributed by atoms with E-state index in [4.69, 9.17) is 5.73 Å². The number of nitrogen functional groups attached to an aromatic ring is 1. The minimum absolute atomic E-state index is 0.0502. The molecule has 2 amide bonds. The number of carbonyl (C=O) groups is 2. The van der Waals surface area contributed by atoms with Gasteiger partial charge < -0.3 is 16.0 Å². The summed E-state index contributed by atoms with van der Waals surface area (Å²) in [6.07, 6.45) is 0.636. The maximum atomic E-state index is 12.4. The van der Waals surface area contributed by atoms with Gasteiger partial charge in [-0.15, -0.1) is 11.3 Å². The second-order valence-corrected chi connectivity index (χ2v) is 7.03. The van der Waals surface area contributed by atoms with Crippen molar-refractivity contribution in [1.29, 1.82) is 0 Å². The first-order valence-electron chi connectivity index (χ1n) is 6.50. The third-order valence-electron chi connectivity index (χ3n) is 3.63. The van der Waals surface area contributed by atoms with Gasteiger partial charge >= 0.3 is 0 Å². The van der Waals surface area contributed by atoms with Crippen LogP contribution >= 0.6 is 27.3 Å². The molecule has 3 rings (SSSR count). The first-order valence-corrected chi connectivity index (χ1v) is 8.11. The van der Waals surface area contributed by atoms with E-state index in [1.54, 1.807) is 11.9 Å². The fraction of sp³-hybridized carbons (Fsp3) is 0.286. The lowest BCUT2D eigenvalue weighted by Gasteiger charge is -2.11. The van der Waals surface area contributed by atoms with Gasteiger partial charge in [0, 0.05) is 28.2 Å². The number of rotatable bonds is 2. The second-order valence-electron chi connectivity index (χ2n) is 5.06. The van der Waals surface area contributed by atoms with Crippen molar-refractivity contribution in [2.24, 2.45) is 0 Å². The molecule has 2 heterocycles. The van der Waals surface area contributed by atoms with Gasteiger partial charge in [-0.05, 0) is 18.6 Å². The van der Waals surface area contributed by atoms with Gasteiger partial charge in [-0.25, -0.2) is 0 Å². The Labute approximate surface area is 134 Å². The Bertz CT molecular complexity index is 743. The molecule has 1 aromatic heterocycles. The van der Waals surface area contributed by atoms with Gasteiger partial charge in [0.2, 0.25) is 5.91 Å². The summed E-state index contributed by atoms with van der Waals surface area (Å²) in [5, 5.41) is 3.64. The summed E-state index contributed by atoms with van der Waals surface area (Å²) in [4.78, 5) is 26.3. The number of anilines is 1. The van der Waals surface area contributed by atoms with Crippen molar-refractivity contribution in [2.75, 3.05) is 19.3 Å². The van der Waals surface area contributed by atoms with E-state index in [2.05, 4.69) is 21.2 Å². The molecule has 1 saturated heterocycles. The van der Waals surface area contributed by atoms with E-state index in [0.29, 0.717) is 23.5 Å². The number of likely N-dealkylation sites (tertiary alicyclic amines) is 1. The molecule has 1 aromatic carbocycles. The number of halogens is 1. The van der Waals surface area contributed by atoms with Crippen LogP contribution in [0.1, 0.15) is 16.1 Å². The molecule has 110 valence electrons. The molecule has 0 radical (unpaired) electrons. The van der Waals surface area contributed by atoms with Crippen molar-refractivity contribution >= 4 is 54.9 Å². The minimum atomic E-state index is -0.446. The zero-order valence-electron chi connectivity index (χ0n) is 11.4. The molecule has 5 nitrogen and oxygen atoms in total. The van der Waals surface area contributed by atoms with E-state index in [1.165, 1.54) is 11.3 Å². The number of carbonyl (C=O) groups excluding carboxylic acids is 2. The van der Waals surface area contributed by atoms with Crippen molar-refractivity contribution in [3.63, 3.8) is 0 Å². The molecular formula is C14H14BrN3O2S. The molecule has 3 N–H and O–H groups in total. The molecule has 21 heavy (non-hydrogen) atoms. The first kappa shape index (κ1) is 14.3. The smallest absolute Gasteiger partial charge is 0.264 e. The van der Waals surface area contributed by atoms with Crippen LogP contribution in [0.15, 0.2) is 22.7 Å². The van der Waals surface area contributed by atoms with Gasteiger partial charge in [0.05, 0.1) is 5.69 Å². The SMILES string of the molecule is CN1CCC(NC(=O)c2sc3cc(Br)ccc3c2N)C1=O. The second kappa shape index (κ2) is 5.31. The third kappa shape index (κ3) is 2.51. The fourth-order valence-electron chi connectivity index (χ4n) is 2.44. The van der Waals surface area contributed by atoms with Crippen molar-refractivity contribution in [3.8, 4) is 0 Å². The predicted molar refractivity (Wildman–Crippen MR) is 87.4 cm³/mol. The Morgan fingerprint density at radius 2 is 2.29 bits per heavy atom. The number of benzene rings is 1. The van der Waals surface area contributed by atoms with Gasteiger partial charge in [0.25, 0.3) is 5.91 Å². The molecule has 1 aliphatic rings. The number of fused-ring (bicyclic) bond motifs is 1. The monoisotopic (exact) mass is 367 g/mol. The molecule has 2 aromatic rings. The normalized spacial score (nSPS) is 18.5. The highest BCUT2D eigenvalue weighted by molar-refractivity contribution is 9.10. The van der Waals surface area contributed by atoms with E-state index in [9.17, 15) is 9.59 Å². The summed E-state index contributed by atoms with van der Waals surface area (Å²) in [5.41, 5.74) is 6.54. The minimum Gasteiger partial charge on any atom is -0.397 e. The van der Waals surface area contributed by atoms with Gasteiger partial charge in [-0.1, -0.05) is 22.0 Å². The van der Waals surface area contributed by atoms with Crippen LogP contribution < -0.4 is 11.1 Å². The predicted octanol–water partition coefficient (Wildman–Crippen LogP) is 2.21. The summed E-state index contributed by atoms with van der Waals surface area (Å²) in [6.45, 7) is 0.665. The van der Waals surface area contributed by atoms with Gasteiger partial charge in [-0.2, -0.15) is 0 Å². The lowest BCUT2D eigenvalue weighted by molar-refractivity contribution is -0.128. The lowest BCUT2D eigenvalue weighted by atomic mass is 10.2. The van der Waals surface area contributed by atoms with E-state index in [-0.39, 0.29) is 11.8 Å². The Morgan fingerprint density at radius 3 is 2.95 bits per heavy atom. The Kier molecular flexibility index (Phi) is 3.62. The number of likely N-dealkylation sites (N-methyl/N-ethyl adjacent to an activating group) is 1. The summed E-state index contributed by atoms with van der Waals surface area (Å²) in [7, 11) is 1.74. The van der Waals surface area contributed by atoms with Crippen LogP contribution in [0.4, 0.5) is 5.69 Å². The van der Waals surface area contributed by atoms with Crippen LogP contribution in [-0.4, -0.2) is 36.3 Å². The molecule has 1 fully saturated rings. The number of nitrogens with two attached hydrogens (primary N) is 1. The Hall–Kier alpha value is -1.60. The number of hydrogen-bond donors (Lipinski definition) is 2. The van der Waals surface area contributed by atoms with E-state index in [0.717, 1.165) is 14.6 Å². The first-order chi connectivity index (χ1) is 9.97. The average molecular weight is 368 g/mol. The Morgan fingerprint density at radius 1 is 1.52 bits per heavy atom. The third-order valence-corrected chi connectivity index (χ3v) is 5.29. The summed E-state index contributed by atoms with van der Waals surface area (Å²) in [5.74, 6) is -0.329. The van der Waals surface area contributed by atoms with Crippen LogP contribution in [-0.2, 0) is 4.79 Å². The van der Waals surface area contributed by atoms with E-state index in [1.807, 2.05) is 18.2 Å². The largest absolute Gasteiger partial charge is 0.397 e. The van der Waals surface area contributed by atoms with Crippen LogP contribution in [0.2, 0.25) is 0 Å². The van der Waals surface area contributed by atoms with Gasteiger partial charge in [0.15, 0.2) is 0 Å². The van der Waals surface area contributed by atoms with Crippen LogP contribution in [0.25, 0.3) is 10.1 Å². The summed E-state index contributed by atoms with van der Waals surface area (Å²) >= 11 is 4.74. The highest BCUT2D eigenvalue weighted by Crippen LogP contribution is 2.35. The van der Waals surface area contributed by atoms with Crippen molar-refractivity contribution < 1.29 is 9.59 Å². The molecule has 1 atom stereocenters. The molecule has 0 spiro atoms. The highest BCUT2D eigenvalue weighted by Gasteiger charge is 2.31. The Balaban J connectivity index is 1.88. The van der Waals surface area contributed by atoms with Crippen molar-refractivity contribution in [1.82, 2.24) is 10.2 Å². The maximum absolute atomic E-state index is 12.4. The number of nitrogens with zero attached hydrogens (tertiary/aromatic N) is 1. The van der Waals surface area contributed by atoms with Crippen molar-refractivity contribution in [2.45, 2.75) is 12.5 Å². The summed E-state index contributed by atoms with van der Waals surface area (Å²) < 4.78 is 1.89. The highest BCUT2D eigenvalue weighted by atomic mass is 79.9. The van der Waals surface area contributed by atoms with E-state index >= 15 is 0 Å². The van der Waals surface area contributed by atoms with E-state index < -0.39 is 6.04 Å². The van der Waals surface area contributed by atoms with Crippen LogP contribution in [0.3, 0.4) is 0 Å². The van der Waals surface area contributed by atoms with Gasteiger partial charge in [0.1, 0.15) is 10.9 Å². The zero-order valence-corrected chi connectivity index (χ0v) is 13.8. The quantitative estimate of drug-likeness (QED) is 0.854. The van der Waals surface area contributed by atoms with Gasteiger partial charge in [-0.3, -0.25) is 9.59 Å². The number of amides is 2. The lowest BCUT2D eigenvalue weighted by Crippen LogP contribution is -2.40.